The summed E-state index contributed by atoms with van der Waals surface area (Å²) in [6.45, 7) is 5.80. The van der Waals surface area contributed by atoms with E-state index in [0.717, 1.165) is 12.0 Å². The maximum atomic E-state index is 11.1. The third-order valence-corrected chi connectivity index (χ3v) is 2.02. The lowest BCUT2D eigenvalue weighted by Gasteiger charge is -2.04. The second-order valence-electron chi connectivity index (χ2n) is 3.45. The van der Waals surface area contributed by atoms with Crippen molar-refractivity contribution in [2.24, 2.45) is 0 Å². The SMILES string of the molecule is C=C(C)C(=O)NCCc1ccc(O)cc1. The van der Waals surface area contributed by atoms with Crippen LogP contribution in [0.5, 0.6) is 5.75 Å². The summed E-state index contributed by atoms with van der Waals surface area (Å²) in [5, 5.41) is 11.8. The van der Waals surface area contributed by atoms with Crippen LogP contribution < -0.4 is 5.32 Å². The first-order chi connectivity index (χ1) is 7.09. The summed E-state index contributed by atoms with van der Waals surface area (Å²) in [4.78, 5) is 11.1. The van der Waals surface area contributed by atoms with Gasteiger partial charge in [0.25, 0.3) is 0 Å². The normalized spacial score (nSPS) is 9.67. The van der Waals surface area contributed by atoms with Gasteiger partial charge in [-0.25, -0.2) is 0 Å². The number of amides is 1. The largest absolute Gasteiger partial charge is 0.508 e. The van der Waals surface area contributed by atoms with E-state index in [4.69, 9.17) is 5.11 Å². The zero-order valence-electron chi connectivity index (χ0n) is 8.79. The highest BCUT2D eigenvalue weighted by atomic mass is 16.3. The van der Waals surface area contributed by atoms with Gasteiger partial charge in [0.15, 0.2) is 0 Å². The highest BCUT2D eigenvalue weighted by Gasteiger charge is 2.00. The molecule has 80 valence electrons. The van der Waals surface area contributed by atoms with Crippen molar-refractivity contribution in [1.82, 2.24) is 5.32 Å². The molecule has 2 N–H and O–H groups in total. The van der Waals surface area contributed by atoms with Gasteiger partial charge in [0.05, 0.1) is 0 Å². The van der Waals surface area contributed by atoms with E-state index in [0.29, 0.717) is 12.1 Å². The van der Waals surface area contributed by atoms with Crippen LogP contribution in [-0.2, 0) is 11.2 Å². The first kappa shape index (κ1) is 11.3. The molecule has 1 rings (SSSR count). The minimum Gasteiger partial charge on any atom is -0.508 e. The first-order valence-electron chi connectivity index (χ1n) is 4.81. The molecule has 3 heteroatoms. The number of nitrogens with one attached hydrogen (secondary N) is 1. The average molecular weight is 205 g/mol. The molecule has 0 heterocycles. The number of hydrogen-bond donors (Lipinski definition) is 2. The van der Waals surface area contributed by atoms with Crippen LogP contribution in [0, 0.1) is 0 Å². The Hall–Kier alpha value is -1.77. The maximum absolute atomic E-state index is 11.1. The summed E-state index contributed by atoms with van der Waals surface area (Å²) < 4.78 is 0. The van der Waals surface area contributed by atoms with Gasteiger partial charge in [-0.15, -0.1) is 0 Å². The highest BCUT2D eigenvalue weighted by Crippen LogP contribution is 2.09. The molecule has 0 aromatic heterocycles. The molecule has 3 nitrogen and oxygen atoms in total. The number of benzene rings is 1. The second kappa shape index (κ2) is 5.20. The Morgan fingerprint density at radius 2 is 2.00 bits per heavy atom. The summed E-state index contributed by atoms with van der Waals surface area (Å²) >= 11 is 0. The Morgan fingerprint density at radius 1 is 1.40 bits per heavy atom. The molecule has 0 fully saturated rings. The minimum atomic E-state index is -0.117. The summed E-state index contributed by atoms with van der Waals surface area (Å²) in [7, 11) is 0. The Morgan fingerprint density at radius 3 is 2.53 bits per heavy atom. The molecule has 0 atom stereocenters. The lowest BCUT2D eigenvalue weighted by atomic mass is 10.1. The molecule has 1 amide bonds. The van der Waals surface area contributed by atoms with Crippen LogP contribution in [0.1, 0.15) is 12.5 Å². The summed E-state index contributed by atoms with van der Waals surface area (Å²) in [5.41, 5.74) is 1.59. The lowest BCUT2D eigenvalue weighted by Crippen LogP contribution is -2.25. The molecule has 0 aliphatic carbocycles. The van der Waals surface area contributed by atoms with Gasteiger partial charge in [-0.3, -0.25) is 4.79 Å². The van der Waals surface area contributed by atoms with Crippen molar-refractivity contribution in [2.75, 3.05) is 6.54 Å². The number of phenols is 1. The van der Waals surface area contributed by atoms with Crippen LogP contribution in [0.25, 0.3) is 0 Å². The summed E-state index contributed by atoms with van der Waals surface area (Å²) in [6.07, 6.45) is 0.749. The van der Waals surface area contributed by atoms with Gasteiger partial charge in [0.1, 0.15) is 5.75 Å². The zero-order valence-corrected chi connectivity index (χ0v) is 8.79. The number of carbonyl (C=O) groups excluding carboxylic acids is 1. The number of rotatable bonds is 4. The van der Waals surface area contributed by atoms with Gasteiger partial charge in [0.2, 0.25) is 5.91 Å². The summed E-state index contributed by atoms with van der Waals surface area (Å²) in [6, 6.07) is 6.94. The van der Waals surface area contributed by atoms with Crippen molar-refractivity contribution in [2.45, 2.75) is 13.3 Å². The maximum Gasteiger partial charge on any atom is 0.246 e. The van der Waals surface area contributed by atoms with E-state index < -0.39 is 0 Å². The molecule has 0 aliphatic heterocycles. The standard InChI is InChI=1S/C12H15NO2/c1-9(2)12(15)13-8-7-10-3-5-11(14)6-4-10/h3-6,14H,1,7-8H2,2H3,(H,13,15). The van der Waals surface area contributed by atoms with Crippen LogP contribution in [0.4, 0.5) is 0 Å². The number of phenolic OH excluding ortho intramolecular Hbond substituents is 1. The van der Waals surface area contributed by atoms with Crippen LogP contribution >= 0.6 is 0 Å². The fraction of sp³-hybridized carbons (Fsp3) is 0.250. The third kappa shape index (κ3) is 3.85. The fourth-order valence-electron chi connectivity index (χ4n) is 1.13. The molecular formula is C12H15NO2. The zero-order chi connectivity index (χ0) is 11.3. The molecule has 0 bridgehead atoms. The van der Waals surface area contributed by atoms with E-state index in [1.165, 1.54) is 0 Å². The molecule has 0 saturated carbocycles. The predicted octanol–water partition coefficient (Wildman–Crippen LogP) is 1.63. The summed E-state index contributed by atoms with van der Waals surface area (Å²) in [5.74, 6) is 0.137. The van der Waals surface area contributed by atoms with E-state index in [9.17, 15) is 4.79 Å². The van der Waals surface area contributed by atoms with Gasteiger partial charge >= 0.3 is 0 Å². The van der Waals surface area contributed by atoms with Gasteiger partial charge in [-0.1, -0.05) is 18.7 Å². The monoisotopic (exact) mass is 205 g/mol. The Balaban J connectivity index is 2.35. The quantitative estimate of drug-likeness (QED) is 0.734. The molecule has 15 heavy (non-hydrogen) atoms. The minimum absolute atomic E-state index is 0.117. The predicted molar refractivity (Wildman–Crippen MR) is 59.6 cm³/mol. The first-order valence-corrected chi connectivity index (χ1v) is 4.81. The topological polar surface area (TPSA) is 49.3 Å². The Labute approximate surface area is 89.4 Å². The van der Waals surface area contributed by atoms with Crippen molar-refractivity contribution < 1.29 is 9.90 Å². The molecule has 0 spiro atoms. The lowest BCUT2D eigenvalue weighted by molar-refractivity contribution is -0.117. The number of carbonyl (C=O) groups is 1. The molecule has 0 saturated heterocycles. The van der Waals surface area contributed by atoms with Crippen molar-refractivity contribution in [3.63, 3.8) is 0 Å². The van der Waals surface area contributed by atoms with Gasteiger partial charge < -0.3 is 10.4 Å². The van der Waals surface area contributed by atoms with Crippen molar-refractivity contribution >= 4 is 5.91 Å². The van der Waals surface area contributed by atoms with Crippen LogP contribution in [0.2, 0.25) is 0 Å². The number of aromatic hydroxyl groups is 1. The molecule has 0 unspecified atom stereocenters. The van der Waals surface area contributed by atoms with E-state index in [1.54, 1.807) is 19.1 Å². The van der Waals surface area contributed by atoms with Gasteiger partial charge in [-0.2, -0.15) is 0 Å². The van der Waals surface area contributed by atoms with Crippen molar-refractivity contribution in [3.8, 4) is 5.75 Å². The van der Waals surface area contributed by atoms with E-state index in [-0.39, 0.29) is 11.7 Å². The molecule has 1 aromatic carbocycles. The van der Waals surface area contributed by atoms with Crippen molar-refractivity contribution in [3.05, 3.63) is 42.0 Å². The number of hydrogen-bond acceptors (Lipinski definition) is 2. The molecule has 1 aromatic rings. The molecular weight excluding hydrogens is 190 g/mol. The van der Waals surface area contributed by atoms with Gasteiger partial charge in [0, 0.05) is 12.1 Å². The third-order valence-electron chi connectivity index (χ3n) is 2.02. The Bertz CT molecular complexity index is 354. The smallest absolute Gasteiger partial charge is 0.246 e. The molecule has 0 aliphatic rings. The van der Waals surface area contributed by atoms with E-state index >= 15 is 0 Å². The van der Waals surface area contributed by atoms with Crippen LogP contribution in [0.15, 0.2) is 36.4 Å². The van der Waals surface area contributed by atoms with E-state index in [1.807, 2.05) is 12.1 Å². The van der Waals surface area contributed by atoms with Crippen molar-refractivity contribution in [1.29, 1.82) is 0 Å². The second-order valence-corrected chi connectivity index (χ2v) is 3.45. The fourth-order valence-corrected chi connectivity index (χ4v) is 1.13. The highest BCUT2D eigenvalue weighted by molar-refractivity contribution is 5.92. The van der Waals surface area contributed by atoms with Crippen LogP contribution in [-0.4, -0.2) is 17.6 Å². The van der Waals surface area contributed by atoms with Gasteiger partial charge in [-0.05, 0) is 31.0 Å². The average Bonchev–Trinajstić information content (AvgIpc) is 2.20. The Kier molecular flexibility index (Phi) is 3.92. The van der Waals surface area contributed by atoms with E-state index in [2.05, 4.69) is 11.9 Å². The van der Waals surface area contributed by atoms with Crippen LogP contribution in [0.3, 0.4) is 0 Å². The molecule has 0 radical (unpaired) electrons.